The Morgan fingerprint density at radius 2 is 2.09 bits per heavy atom. The van der Waals surface area contributed by atoms with Crippen LogP contribution in [0.5, 0.6) is 0 Å². The van der Waals surface area contributed by atoms with Crippen LogP contribution < -0.4 is 5.32 Å². The number of carbonyl (C=O) groups is 2. The number of hydrogen-bond donors (Lipinski definition) is 2. The second kappa shape index (κ2) is 5.83. The van der Waals surface area contributed by atoms with Gasteiger partial charge in [-0.3, -0.25) is 4.79 Å². The van der Waals surface area contributed by atoms with E-state index in [9.17, 15) is 14.7 Å². The monoisotopic (exact) mass is 320 g/mol. The van der Waals surface area contributed by atoms with Crippen LogP contribution in [0.3, 0.4) is 0 Å². The summed E-state index contributed by atoms with van der Waals surface area (Å²) in [7, 11) is 0. The van der Waals surface area contributed by atoms with E-state index in [1.54, 1.807) is 16.7 Å². The highest BCUT2D eigenvalue weighted by molar-refractivity contribution is 7.98. The van der Waals surface area contributed by atoms with Crippen LogP contribution in [-0.2, 0) is 4.79 Å². The van der Waals surface area contributed by atoms with Crippen molar-refractivity contribution in [3.05, 3.63) is 24.3 Å². The Morgan fingerprint density at radius 3 is 2.68 bits per heavy atom. The Kier molecular flexibility index (Phi) is 4.04. The predicted octanol–water partition coefficient (Wildman–Crippen LogP) is 3.13. The molecule has 5 nitrogen and oxygen atoms in total. The molecule has 6 heteroatoms. The second-order valence-electron chi connectivity index (χ2n) is 6.09. The van der Waals surface area contributed by atoms with Crippen molar-refractivity contribution in [2.24, 2.45) is 11.3 Å². The number of benzene rings is 1. The summed E-state index contributed by atoms with van der Waals surface area (Å²) in [6, 6.07) is 7.45. The van der Waals surface area contributed by atoms with E-state index >= 15 is 0 Å². The number of rotatable bonds is 3. The maximum atomic E-state index is 12.4. The highest BCUT2D eigenvalue weighted by Gasteiger charge is 2.55. The van der Waals surface area contributed by atoms with Crippen LogP contribution in [-0.4, -0.2) is 41.4 Å². The molecule has 1 aliphatic carbocycles. The summed E-state index contributed by atoms with van der Waals surface area (Å²) in [6.45, 7) is 0.864. The van der Waals surface area contributed by atoms with Crippen molar-refractivity contribution in [2.75, 3.05) is 24.7 Å². The first-order valence-corrected chi connectivity index (χ1v) is 8.71. The molecule has 1 saturated heterocycles. The molecule has 2 atom stereocenters. The molecule has 118 valence electrons. The van der Waals surface area contributed by atoms with Crippen molar-refractivity contribution in [3.63, 3.8) is 0 Å². The van der Waals surface area contributed by atoms with Gasteiger partial charge in [-0.15, -0.1) is 11.8 Å². The SMILES string of the molecule is CSc1ccc(NC(=O)N2C[C@@H]3CCC[C@@]3(C(=O)O)C2)cc1. The highest BCUT2D eigenvalue weighted by atomic mass is 32.2. The number of nitrogens with zero attached hydrogens (tertiary/aromatic N) is 1. The number of carboxylic acid groups (broad SMARTS) is 1. The fourth-order valence-corrected chi connectivity index (χ4v) is 4.08. The van der Waals surface area contributed by atoms with Gasteiger partial charge in [0.1, 0.15) is 0 Å². The van der Waals surface area contributed by atoms with Gasteiger partial charge in [0, 0.05) is 23.7 Å². The number of amides is 2. The largest absolute Gasteiger partial charge is 0.481 e. The van der Waals surface area contributed by atoms with E-state index < -0.39 is 11.4 Å². The van der Waals surface area contributed by atoms with Gasteiger partial charge in [-0.1, -0.05) is 6.42 Å². The summed E-state index contributed by atoms with van der Waals surface area (Å²) in [5, 5.41) is 12.4. The second-order valence-corrected chi connectivity index (χ2v) is 6.97. The minimum absolute atomic E-state index is 0.0922. The first-order valence-electron chi connectivity index (χ1n) is 7.48. The molecule has 0 aromatic heterocycles. The standard InChI is InChI=1S/C16H20N2O3S/c1-22-13-6-4-12(5-7-13)17-15(21)18-9-11-3-2-8-16(11,10-18)14(19)20/h4-7,11H,2-3,8-10H2,1H3,(H,17,21)(H,19,20)/t11-,16+/m0/s1. The maximum Gasteiger partial charge on any atom is 0.321 e. The maximum absolute atomic E-state index is 12.4. The number of anilines is 1. The Morgan fingerprint density at radius 1 is 1.36 bits per heavy atom. The summed E-state index contributed by atoms with van der Waals surface area (Å²) < 4.78 is 0. The third-order valence-electron chi connectivity index (χ3n) is 4.93. The minimum atomic E-state index is -0.755. The number of likely N-dealkylation sites (tertiary alicyclic amines) is 1. The quantitative estimate of drug-likeness (QED) is 0.840. The lowest BCUT2D eigenvalue weighted by atomic mass is 9.81. The average Bonchev–Trinajstić information content (AvgIpc) is 3.06. The topological polar surface area (TPSA) is 69.6 Å². The van der Waals surface area contributed by atoms with Crippen LogP contribution in [0.2, 0.25) is 0 Å². The van der Waals surface area contributed by atoms with Gasteiger partial charge in [0.2, 0.25) is 0 Å². The van der Waals surface area contributed by atoms with Crippen molar-refractivity contribution in [3.8, 4) is 0 Å². The summed E-state index contributed by atoms with van der Waals surface area (Å²) in [4.78, 5) is 26.8. The molecule has 1 heterocycles. The highest BCUT2D eigenvalue weighted by Crippen LogP contribution is 2.48. The molecule has 1 aromatic carbocycles. The number of thioether (sulfide) groups is 1. The molecule has 2 N–H and O–H groups in total. The van der Waals surface area contributed by atoms with Gasteiger partial charge in [0.25, 0.3) is 0 Å². The molecule has 0 spiro atoms. The summed E-state index contributed by atoms with van der Waals surface area (Å²) in [6.07, 6.45) is 4.53. The zero-order valence-corrected chi connectivity index (χ0v) is 13.4. The molecule has 3 rings (SSSR count). The fourth-order valence-electron chi connectivity index (χ4n) is 3.67. The van der Waals surface area contributed by atoms with Gasteiger partial charge in [-0.2, -0.15) is 0 Å². The normalized spacial score (nSPS) is 26.8. The number of urea groups is 1. The molecule has 2 amide bonds. The van der Waals surface area contributed by atoms with E-state index in [0.29, 0.717) is 19.5 Å². The van der Waals surface area contributed by atoms with Gasteiger partial charge >= 0.3 is 12.0 Å². The molecule has 0 unspecified atom stereocenters. The van der Waals surface area contributed by atoms with E-state index in [1.165, 1.54) is 0 Å². The molecule has 22 heavy (non-hydrogen) atoms. The molecular weight excluding hydrogens is 300 g/mol. The Hall–Kier alpha value is -1.69. The smallest absolute Gasteiger partial charge is 0.321 e. The molecule has 1 saturated carbocycles. The minimum Gasteiger partial charge on any atom is -0.481 e. The van der Waals surface area contributed by atoms with Crippen molar-refractivity contribution < 1.29 is 14.7 Å². The number of fused-ring (bicyclic) bond motifs is 1. The van der Waals surface area contributed by atoms with Gasteiger partial charge in [0.15, 0.2) is 0 Å². The van der Waals surface area contributed by atoms with Crippen LogP contribution in [0, 0.1) is 11.3 Å². The first kappa shape index (κ1) is 15.2. The molecule has 0 bridgehead atoms. The fraction of sp³-hybridized carbons (Fsp3) is 0.500. The van der Waals surface area contributed by atoms with E-state index in [-0.39, 0.29) is 11.9 Å². The molecule has 2 aliphatic rings. The summed E-state index contributed by atoms with van der Waals surface area (Å²) in [5.74, 6) is -0.663. The lowest BCUT2D eigenvalue weighted by molar-refractivity contribution is -0.149. The number of carboxylic acids is 1. The van der Waals surface area contributed by atoms with Crippen molar-refractivity contribution >= 4 is 29.4 Å². The van der Waals surface area contributed by atoms with Crippen LogP contribution in [0.25, 0.3) is 0 Å². The Balaban J connectivity index is 1.67. The van der Waals surface area contributed by atoms with Gasteiger partial charge in [-0.05, 0) is 49.3 Å². The van der Waals surface area contributed by atoms with Crippen LogP contribution in [0.1, 0.15) is 19.3 Å². The third kappa shape index (κ3) is 2.56. The van der Waals surface area contributed by atoms with Crippen LogP contribution in [0.15, 0.2) is 29.2 Å². The number of carbonyl (C=O) groups excluding carboxylic acids is 1. The number of hydrogen-bond acceptors (Lipinski definition) is 3. The lowest BCUT2D eigenvalue weighted by Gasteiger charge is -2.23. The van der Waals surface area contributed by atoms with E-state index in [1.807, 2.05) is 30.5 Å². The number of aliphatic carboxylic acids is 1. The Bertz CT molecular complexity index is 590. The molecule has 1 aromatic rings. The molecular formula is C16H20N2O3S. The zero-order chi connectivity index (χ0) is 15.7. The van der Waals surface area contributed by atoms with Gasteiger partial charge in [-0.25, -0.2) is 4.79 Å². The van der Waals surface area contributed by atoms with Crippen molar-refractivity contribution in [1.29, 1.82) is 0 Å². The molecule has 1 aliphatic heterocycles. The van der Waals surface area contributed by atoms with Gasteiger partial charge in [0.05, 0.1) is 5.41 Å². The van der Waals surface area contributed by atoms with Crippen molar-refractivity contribution in [2.45, 2.75) is 24.2 Å². The molecule has 2 fully saturated rings. The zero-order valence-electron chi connectivity index (χ0n) is 12.5. The predicted molar refractivity (Wildman–Crippen MR) is 86.2 cm³/mol. The van der Waals surface area contributed by atoms with Crippen LogP contribution >= 0.6 is 11.8 Å². The van der Waals surface area contributed by atoms with E-state index in [0.717, 1.165) is 23.4 Å². The van der Waals surface area contributed by atoms with Crippen LogP contribution in [0.4, 0.5) is 10.5 Å². The van der Waals surface area contributed by atoms with E-state index in [4.69, 9.17) is 0 Å². The van der Waals surface area contributed by atoms with E-state index in [2.05, 4.69) is 5.32 Å². The lowest BCUT2D eigenvalue weighted by Crippen LogP contribution is -2.38. The summed E-state index contributed by atoms with van der Waals surface area (Å²) >= 11 is 1.65. The average molecular weight is 320 g/mol. The van der Waals surface area contributed by atoms with Crippen molar-refractivity contribution in [1.82, 2.24) is 4.90 Å². The molecule has 0 radical (unpaired) electrons. The van der Waals surface area contributed by atoms with Gasteiger partial charge < -0.3 is 15.3 Å². The Labute approximate surface area is 134 Å². The third-order valence-corrected chi connectivity index (χ3v) is 5.67. The number of nitrogens with one attached hydrogen (secondary N) is 1. The summed E-state index contributed by atoms with van der Waals surface area (Å²) in [5.41, 5.74) is 0.0179. The first-order chi connectivity index (χ1) is 10.5.